The SMILES string of the molecule is CCC[C@H](NC=O)C(=O)N(C)C(CC(O)c1nc(C(=O)NC(Cc2ccccc2)CC(C)C(=O)O)cs1)C(C)C. The van der Waals surface area contributed by atoms with Crippen molar-refractivity contribution in [3.63, 3.8) is 0 Å². The number of thiazole rings is 1. The quantitative estimate of drug-likeness (QED) is 0.212. The van der Waals surface area contributed by atoms with Crippen molar-refractivity contribution < 1.29 is 29.4 Å². The van der Waals surface area contributed by atoms with Gasteiger partial charge < -0.3 is 25.7 Å². The van der Waals surface area contributed by atoms with Crippen LogP contribution < -0.4 is 10.6 Å². The first kappa shape index (κ1) is 32.9. The number of likely N-dealkylation sites (N-methyl/N-ethyl adjacent to an activating group) is 1. The Morgan fingerprint density at radius 1 is 1.12 bits per heavy atom. The first-order valence-corrected chi connectivity index (χ1v) is 14.5. The van der Waals surface area contributed by atoms with E-state index < -0.39 is 36.0 Å². The first-order valence-electron chi connectivity index (χ1n) is 13.7. The second-order valence-corrected chi connectivity index (χ2v) is 11.4. The van der Waals surface area contributed by atoms with Crippen LogP contribution in [0.15, 0.2) is 35.7 Å². The summed E-state index contributed by atoms with van der Waals surface area (Å²) in [5.41, 5.74) is 1.12. The molecule has 220 valence electrons. The summed E-state index contributed by atoms with van der Waals surface area (Å²) >= 11 is 1.15. The van der Waals surface area contributed by atoms with Crippen LogP contribution in [-0.4, -0.2) is 69.5 Å². The van der Waals surface area contributed by atoms with E-state index in [9.17, 15) is 29.4 Å². The number of aromatic nitrogens is 1. The van der Waals surface area contributed by atoms with Gasteiger partial charge in [0.2, 0.25) is 12.3 Å². The largest absolute Gasteiger partial charge is 0.481 e. The molecule has 0 saturated heterocycles. The zero-order valence-corrected chi connectivity index (χ0v) is 24.7. The van der Waals surface area contributed by atoms with Crippen molar-refractivity contribution in [2.24, 2.45) is 11.8 Å². The van der Waals surface area contributed by atoms with E-state index >= 15 is 0 Å². The lowest BCUT2D eigenvalue weighted by molar-refractivity contribution is -0.141. The predicted octanol–water partition coefficient (Wildman–Crippen LogP) is 3.42. The van der Waals surface area contributed by atoms with Crippen LogP contribution in [-0.2, 0) is 20.8 Å². The molecule has 0 radical (unpaired) electrons. The van der Waals surface area contributed by atoms with Gasteiger partial charge in [0.05, 0.1) is 5.92 Å². The fourth-order valence-corrected chi connectivity index (χ4v) is 5.49. The lowest BCUT2D eigenvalue weighted by atomic mass is 9.95. The molecule has 0 aliphatic carbocycles. The lowest BCUT2D eigenvalue weighted by Gasteiger charge is -2.34. The Balaban J connectivity index is 2.13. The van der Waals surface area contributed by atoms with Gasteiger partial charge in [-0.3, -0.25) is 19.2 Å². The molecule has 5 atom stereocenters. The Labute approximate surface area is 240 Å². The summed E-state index contributed by atoms with van der Waals surface area (Å²) in [5.74, 6) is -2.23. The number of rotatable bonds is 17. The highest BCUT2D eigenvalue weighted by molar-refractivity contribution is 7.09. The van der Waals surface area contributed by atoms with Crippen LogP contribution >= 0.6 is 11.3 Å². The van der Waals surface area contributed by atoms with E-state index in [1.807, 2.05) is 51.1 Å². The van der Waals surface area contributed by atoms with Crippen molar-refractivity contribution in [1.29, 1.82) is 0 Å². The minimum absolute atomic E-state index is 0.0137. The Bertz CT molecular complexity index is 1110. The van der Waals surface area contributed by atoms with E-state index in [0.717, 1.165) is 23.3 Å². The smallest absolute Gasteiger partial charge is 0.306 e. The molecular weight excluding hydrogens is 532 g/mol. The maximum Gasteiger partial charge on any atom is 0.306 e. The van der Waals surface area contributed by atoms with Gasteiger partial charge in [-0.1, -0.05) is 64.4 Å². The number of nitrogens with zero attached hydrogens (tertiary/aromatic N) is 2. The molecule has 1 aromatic carbocycles. The number of carboxylic acids is 1. The van der Waals surface area contributed by atoms with Gasteiger partial charge in [0.25, 0.3) is 5.91 Å². The maximum absolute atomic E-state index is 13.1. The van der Waals surface area contributed by atoms with Gasteiger partial charge in [0.15, 0.2) is 0 Å². The molecule has 3 amide bonds. The highest BCUT2D eigenvalue weighted by atomic mass is 32.1. The number of hydrogen-bond acceptors (Lipinski definition) is 7. The van der Waals surface area contributed by atoms with Gasteiger partial charge >= 0.3 is 5.97 Å². The number of nitrogens with one attached hydrogen (secondary N) is 2. The number of hydrogen-bond donors (Lipinski definition) is 4. The molecule has 0 aliphatic rings. The van der Waals surface area contributed by atoms with Crippen molar-refractivity contribution in [3.8, 4) is 0 Å². The zero-order valence-electron chi connectivity index (χ0n) is 23.9. The fraction of sp³-hybridized carbons (Fsp3) is 0.552. The minimum Gasteiger partial charge on any atom is -0.481 e. The first-order chi connectivity index (χ1) is 19.0. The van der Waals surface area contributed by atoms with Crippen LogP contribution in [0.1, 0.15) is 80.5 Å². The summed E-state index contributed by atoms with van der Waals surface area (Å²) in [7, 11) is 1.67. The van der Waals surface area contributed by atoms with Gasteiger partial charge in [0, 0.05) is 30.9 Å². The van der Waals surface area contributed by atoms with Gasteiger partial charge in [-0.2, -0.15) is 0 Å². The van der Waals surface area contributed by atoms with Crippen LogP contribution in [0.5, 0.6) is 0 Å². The standard InChI is InChI=1S/C29H42N4O6S/c1-6-10-22(30-17-34)28(37)33(5)24(18(2)3)15-25(35)27-32-23(16-40-27)26(36)31-21(13-19(4)29(38)39)14-20-11-8-7-9-12-20/h7-9,11-12,16-19,21-22,24-25,35H,6,10,13-15H2,1-5H3,(H,30,34)(H,31,36)(H,38,39)/t19?,21?,22-,24?,25?/m0/s1. The molecule has 4 N–H and O–H groups in total. The summed E-state index contributed by atoms with van der Waals surface area (Å²) < 4.78 is 0. The lowest BCUT2D eigenvalue weighted by Crippen LogP contribution is -2.50. The van der Waals surface area contributed by atoms with E-state index in [1.165, 1.54) is 0 Å². The molecule has 2 rings (SSSR count). The van der Waals surface area contributed by atoms with Crippen LogP contribution in [0.25, 0.3) is 0 Å². The van der Waals surface area contributed by atoms with Gasteiger partial charge in [-0.15, -0.1) is 11.3 Å². The zero-order chi connectivity index (χ0) is 29.8. The number of carbonyl (C=O) groups excluding carboxylic acids is 3. The topological polar surface area (TPSA) is 149 Å². The molecule has 0 aliphatic heterocycles. The number of aliphatic hydroxyl groups excluding tert-OH is 1. The molecule has 11 heteroatoms. The van der Waals surface area contributed by atoms with Crippen LogP contribution in [0.2, 0.25) is 0 Å². The Morgan fingerprint density at radius 2 is 1.80 bits per heavy atom. The highest BCUT2D eigenvalue weighted by Gasteiger charge is 2.31. The summed E-state index contributed by atoms with van der Waals surface area (Å²) in [4.78, 5) is 54.5. The summed E-state index contributed by atoms with van der Waals surface area (Å²) in [6.07, 6.45) is 1.69. The van der Waals surface area contributed by atoms with Gasteiger partial charge in [0.1, 0.15) is 22.8 Å². The van der Waals surface area contributed by atoms with Gasteiger partial charge in [-0.05, 0) is 30.7 Å². The third-order valence-electron chi connectivity index (χ3n) is 6.98. The molecule has 10 nitrogen and oxygen atoms in total. The molecule has 40 heavy (non-hydrogen) atoms. The summed E-state index contributed by atoms with van der Waals surface area (Å²) in [5, 5.41) is 27.8. The molecule has 2 aromatic rings. The molecule has 0 bridgehead atoms. The normalized spacial score (nSPS) is 15.0. The van der Waals surface area contributed by atoms with Crippen molar-refractivity contribution in [2.75, 3.05) is 7.05 Å². The van der Waals surface area contributed by atoms with Crippen molar-refractivity contribution >= 4 is 35.5 Å². The average molecular weight is 575 g/mol. The number of carbonyl (C=O) groups is 4. The second-order valence-electron chi connectivity index (χ2n) is 10.5. The maximum atomic E-state index is 13.1. The van der Waals surface area contributed by atoms with Crippen LogP contribution in [0.4, 0.5) is 0 Å². The predicted molar refractivity (Wildman–Crippen MR) is 154 cm³/mol. The van der Waals surface area contributed by atoms with E-state index in [0.29, 0.717) is 24.3 Å². The second kappa shape index (κ2) is 16.1. The summed E-state index contributed by atoms with van der Waals surface area (Å²) in [6, 6.07) is 8.14. The number of carboxylic acid groups (broad SMARTS) is 1. The van der Waals surface area contributed by atoms with Crippen LogP contribution in [0.3, 0.4) is 0 Å². The third kappa shape index (κ3) is 9.71. The fourth-order valence-electron chi connectivity index (χ4n) is 4.69. The Morgan fingerprint density at radius 3 is 2.38 bits per heavy atom. The van der Waals surface area contributed by atoms with E-state index in [-0.39, 0.29) is 36.4 Å². The molecule has 1 aromatic heterocycles. The number of aliphatic carboxylic acids is 1. The minimum atomic E-state index is -1.01. The molecular formula is C29H42N4O6S. The molecule has 0 saturated carbocycles. The summed E-state index contributed by atoms with van der Waals surface area (Å²) in [6.45, 7) is 7.45. The monoisotopic (exact) mass is 574 g/mol. The van der Waals surface area contributed by atoms with Crippen molar-refractivity contribution in [2.45, 2.75) is 84.0 Å². The van der Waals surface area contributed by atoms with E-state index in [2.05, 4.69) is 15.6 Å². The average Bonchev–Trinajstić information content (AvgIpc) is 3.42. The van der Waals surface area contributed by atoms with Crippen LogP contribution in [0, 0.1) is 11.8 Å². The number of benzene rings is 1. The molecule has 0 fully saturated rings. The molecule has 4 unspecified atom stereocenters. The third-order valence-corrected chi connectivity index (χ3v) is 7.93. The highest BCUT2D eigenvalue weighted by Crippen LogP contribution is 2.27. The number of aliphatic hydroxyl groups is 1. The Hall–Kier alpha value is -3.31. The van der Waals surface area contributed by atoms with Crippen molar-refractivity contribution in [1.82, 2.24) is 20.5 Å². The van der Waals surface area contributed by atoms with Crippen molar-refractivity contribution in [3.05, 3.63) is 52.0 Å². The van der Waals surface area contributed by atoms with E-state index in [4.69, 9.17) is 0 Å². The number of amides is 3. The van der Waals surface area contributed by atoms with E-state index in [1.54, 1.807) is 24.3 Å². The van der Waals surface area contributed by atoms with Gasteiger partial charge in [-0.25, -0.2) is 4.98 Å². The Kier molecular flexibility index (Phi) is 13.2. The molecule has 1 heterocycles. The molecule has 0 spiro atoms.